The second-order valence-electron chi connectivity index (χ2n) is 4.71. The van der Waals surface area contributed by atoms with Gasteiger partial charge in [-0.25, -0.2) is 0 Å². The number of nitrogens with two attached hydrogens (primary N) is 1. The number of carbonyl (C=O) groups is 1. The Bertz CT molecular complexity index is 221. The normalized spacial score (nSPS) is 19.4. The summed E-state index contributed by atoms with van der Waals surface area (Å²) in [6, 6.07) is 0.283. The molecule has 1 rings (SSSR count). The number of carbonyl (C=O) groups excluding carboxylic acids is 1. The molecule has 0 unspecified atom stereocenters. The average molecular weight is 300 g/mol. The molecular weight excluding hydrogens is 273 g/mol. The fourth-order valence-electron chi connectivity index (χ4n) is 2.27. The lowest BCUT2D eigenvalue weighted by Gasteiger charge is -2.32. The number of amides is 1. The van der Waals surface area contributed by atoms with Crippen molar-refractivity contribution in [3.63, 3.8) is 0 Å². The molecule has 1 saturated heterocycles. The number of hydrogen-bond acceptors (Lipinski definition) is 3. The van der Waals surface area contributed by atoms with Crippen LogP contribution in [0.4, 0.5) is 0 Å². The molecule has 4 N–H and O–H groups in total. The van der Waals surface area contributed by atoms with Gasteiger partial charge in [0.15, 0.2) is 0 Å². The molecule has 0 radical (unpaired) electrons. The third kappa shape index (κ3) is 4.92. The predicted molar refractivity (Wildman–Crippen MR) is 80.6 cm³/mol. The molecule has 0 aromatic carbocycles. The van der Waals surface area contributed by atoms with Gasteiger partial charge in [0, 0.05) is 19.1 Å². The number of hydrogen-bond donors (Lipinski definition) is 3. The summed E-state index contributed by atoms with van der Waals surface area (Å²) in [6.07, 6.45) is 3.84. The van der Waals surface area contributed by atoms with E-state index in [1.807, 2.05) is 13.8 Å². The molecule has 0 saturated carbocycles. The molecule has 0 aromatic heterocycles. The Labute approximate surface area is 123 Å². The zero-order valence-electron chi connectivity index (χ0n) is 11.3. The topological polar surface area (TPSA) is 67.2 Å². The van der Waals surface area contributed by atoms with E-state index in [-0.39, 0.29) is 42.2 Å². The third-order valence-electron chi connectivity index (χ3n) is 3.86. The molecule has 110 valence electrons. The van der Waals surface area contributed by atoms with Gasteiger partial charge < -0.3 is 16.4 Å². The van der Waals surface area contributed by atoms with Crippen molar-refractivity contribution < 1.29 is 4.79 Å². The van der Waals surface area contributed by atoms with Gasteiger partial charge in [-0.2, -0.15) is 0 Å². The zero-order chi connectivity index (χ0) is 12.0. The zero-order valence-corrected chi connectivity index (χ0v) is 13.0. The summed E-state index contributed by atoms with van der Waals surface area (Å²) in [6.45, 7) is 6.46. The molecule has 1 aliphatic rings. The summed E-state index contributed by atoms with van der Waals surface area (Å²) in [7, 11) is 0. The van der Waals surface area contributed by atoms with Gasteiger partial charge in [-0.1, -0.05) is 13.8 Å². The van der Waals surface area contributed by atoms with Crippen LogP contribution < -0.4 is 16.4 Å². The number of rotatable bonds is 5. The molecule has 18 heavy (non-hydrogen) atoms. The van der Waals surface area contributed by atoms with E-state index in [2.05, 4.69) is 10.6 Å². The van der Waals surface area contributed by atoms with Gasteiger partial charge in [-0.15, -0.1) is 24.8 Å². The summed E-state index contributed by atoms with van der Waals surface area (Å²) in [5, 5.41) is 6.43. The largest absolute Gasteiger partial charge is 0.352 e. The van der Waals surface area contributed by atoms with E-state index in [1.165, 1.54) is 0 Å². The maximum atomic E-state index is 12.2. The van der Waals surface area contributed by atoms with Gasteiger partial charge in [0.2, 0.25) is 5.91 Å². The summed E-state index contributed by atoms with van der Waals surface area (Å²) < 4.78 is 0. The predicted octanol–water partition coefficient (Wildman–Crippen LogP) is 1.46. The lowest BCUT2D eigenvalue weighted by molar-refractivity contribution is -0.131. The van der Waals surface area contributed by atoms with E-state index in [0.29, 0.717) is 6.54 Å². The fraction of sp³-hybridized carbons (Fsp3) is 0.917. The Hall–Kier alpha value is -0.0300. The van der Waals surface area contributed by atoms with E-state index < -0.39 is 0 Å². The van der Waals surface area contributed by atoms with Crippen molar-refractivity contribution in [3.05, 3.63) is 0 Å². The highest BCUT2D eigenvalue weighted by atomic mass is 35.5. The molecule has 1 fully saturated rings. The highest BCUT2D eigenvalue weighted by molar-refractivity contribution is 5.85. The minimum atomic E-state index is -0.364. The lowest BCUT2D eigenvalue weighted by atomic mass is 9.81. The van der Waals surface area contributed by atoms with Crippen LogP contribution in [0.3, 0.4) is 0 Å². The Kier molecular flexibility index (Phi) is 11.1. The van der Waals surface area contributed by atoms with Crippen molar-refractivity contribution in [2.24, 2.45) is 11.1 Å². The van der Waals surface area contributed by atoms with Crippen LogP contribution in [0.2, 0.25) is 0 Å². The van der Waals surface area contributed by atoms with Crippen LogP contribution in [0.5, 0.6) is 0 Å². The molecule has 0 bridgehead atoms. The fourth-order valence-corrected chi connectivity index (χ4v) is 2.27. The van der Waals surface area contributed by atoms with Crippen molar-refractivity contribution in [2.75, 3.05) is 19.6 Å². The number of nitrogens with one attached hydrogen (secondary N) is 2. The minimum Gasteiger partial charge on any atom is -0.352 e. The van der Waals surface area contributed by atoms with Crippen LogP contribution >= 0.6 is 24.8 Å². The summed E-state index contributed by atoms with van der Waals surface area (Å²) in [4.78, 5) is 12.2. The molecule has 6 heteroatoms. The second-order valence-corrected chi connectivity index (χ2v) is 4.71. The molecule has 1 amide bonds. The molecule has 0 aliphatic carbocycles. The van der Waals surface area contributed by atoms with Crippen LogP contribution in [-0.2, 0) is 4.79 Å². The quantitative estimate of drug-likeness (QED) is 0.720. The average Bonchev–Trinajstić information content (AvgIpc) is 2.33. The van der Waals surface area contributed by atoms with Crippen LogP contribution in [0, 0.1) is 5.41 Å². The molecule has 0 aromatic rings. The van der Waals surface area contributed by atoms with Gasteiger partial charge in [0.05, 0.1) is 5.41 Å². The van der Waals surface area contributed by atoms with Crippen molar-refractivity contribution in [1.29, 1.82) is 0 Å². The third-order valence-corrected chi connectivity index (χ3v) is 3.86. The summed E-state index contributed by atoms with van der Waals surface area (Å²) >= 11 is 0. The Morgan fingerprint density at radius 1 is 1.39 bits per heavy atom. The Balaban J connectivity index is 0. The first kappa shape index (κ1) is 20.3. The molecular formula is C12H27Cl2N3O. The maximum Gasteiger partial charge on any atom is 0.227 e. The van der Waals surface area contributed by atoms with Gasteiger partial charge in [-0.3, -0.25) is 4.79 Å². The first-order valence-corrected chi connectivity index (χ1v) is 6.40. The van der Waals surface area contributed by atoms with Gasteiger partial charge in [-0.05, 0) is 32.2 Å². The van der Waals surface area contributed by atoms with E-state index >= 15 is 0 Å². The van der Waals surface area contributed by atoms with Crippen molar-refractivity contribution in [1.82, 2.24) is 10.6 Å². The highest BCUT2D eigenvalue weighted by Crippen LogP contribution is 2.25. The van der Waals surface area contributed by atoms with Crippen LogP contribution in [0.25, 0.3) is 0 Å². The number of piperidine rings is 1. The highest BCUT2D eigenvalue weighted by Gasteiger charge is 2.34. The van der Waals surface area contributed by atoms with Crippen LogP contribution in [0.15, 0.2) is 0 Å². The lowest BCUT2D eigenvalue weighted by Crippen LogP contribution is -2.52. The second kappa shape index (κ2) is 9.84. The minimum absolute atomic E-state index is 0. The molecule has 1 atom stereocenters. The molecule has 1 heterocycles. The summed E-state index contributed by atoms with van der Waals surface area (Å²) in [5.74, 6) is 0.133. The van der Waals surface area contributed by atoms with E-state index in [0.717, 1.165) is 38.8 Å². The van der Waals surface area contributed by atoms with Crippen LogP contribution in [0.1, 0.15) is 39.5 Å². The molecule has 1 aliphatic heterocycles. The van der Waals surface area contributed by atoms with Gasteiger partial charge >= 0.3 is 0 Å². The Morgan fingerprint density at radius 3 is 2.39 bits per heavy atom. The molecule has 4 nitrogen and oxygen atoms in total. The molecule has 0 spiro atoms. The Morgan fingerprint density at radius 2 is 2.00 bits per heavy atom. The van der Waals surface area contributed by atoms with E-state index in [9.17, 15) is 4.79 Å². The number of halogens is 2. The van der Waals surface area contributed by atoms with Crippen molar-refractivity contribution >= 4 is 30.7 Å². The SMILES string of the molecule is CCC(CC)(CN)C(=O)N[C@H]1CCCNC1.Cl.Cl. The standard InChI is InChI=1S/C12H25N3O.2ClH/c1-3-12(4-2,9-13)11(16)15-10-6-5-7-14-8-10;;/h10,14H,3-9,13H2,1-2H3,(H,15,16);2*1H/t10-;;/m0../s1. The van der Waals surface area contributed by atoms with Crippen molar-refractivity contribution in [2.45, 2.75) is 45.6 Å². The van der Waals surface area contributed by atoms with Crippen LogP contribution in [-0.4, -0.2) is 31.6 Å². The first-order chi connectivity index (χ1) is 7.68. The van der Waals surface area contributed by atoms with Gasteiger partial charge in [0.25, 0.3) is 0 Å². The maximum absolute atomic E-state index is 12.2. The van der Waals surface area contributed by atoms with Gasteiger partial charge in [0.1, 0.15) is 0 Å². The first-order valence-electron chi connectivity index (χ1n) is 6.40. The monoisotopic (exact) mass is 299 g/mol. The van der Waals surface area contributed by atoms with E-state index in [1.54, 1.807) is 0 Å². The van der Waals surface area contributed by atoms with Crippen molar-refractivity contribution in [3.8, 4) is 0 Å². The summed E-state index contributed by atoms with van der Waals surface area (Å²) in [5.41, 5.74) is 5.39. The van der Waals surface area contributed by atoms with E-state index in [4.69, 9.17) is 5.73 Å². The smallest absolute Gasteiger partial charge is 0.227 e.